The Bertz CT molecular complexity index is 1070. The van der Waals surface area contributed by atoms with Crippen molar-refractivity contribution in [2.75, 3.05) is 0 Å². The molecule has 4 aromatic rings. The van der Waals surface area contributed by atoms with Crippen molar-refractivity contribution in [1.82, 2.24) is 5.32 Å². The van der Waals surface area contributed by atoms with Crippen LogP contribution in [0.4, 0.5) is 0 Å². The summed E-state index contributed by atoms with van der Waals surface area (Å²) in [4.78, 5) is 12.4. The molecule has 1 heterocycles. The van der Waals surface area contributed by atoms with Crippen LogP contribution in [0.5, 0.6) is 0 Å². The van der Waals surface area contributed by atoms with Gasteiger partial charge >= 0.3 is 0 Å². The van der Waals surface area contributed by atoms with Crippen LogP contribution in [0.25, 0.3) is 22.1 Å². The van der Waals surface area contributed by atoms with Gasteiger partial charge in [0.2, 0.25) is 0 Å². The van der Waals surface area contributed by atoms with Crippen molar-refractivity contribution in [3.8, 4) is 11.1 Å². The Kier molecular flexibility index (Phi) is 4.46. The van der Waals surface area contributed by atoms with Crippen LogP contribution in [0.15, 0.2) is 83.3 Å². The largest absolute Gasteiger partial charge is 0.451 e. The number of furan rings is 1. The topological polar surface area (TPSA) is 42.2 Å². The van der Waals surface area contributed by atoms with Crippen LogP contribution in [-0.2, 0) is 6.54 Å². The molecule has 0 saturated heterocycles. The van der Waals surface area contributed by atoms with Crippen LogP contribution in [0.3, 0.4) is 0 Å². The van der Waals surface area contributed by atoms with Crippen LogP contribution in [-0.4, -0.2) is 5.91 Å². The molecule has 4 rings (SSSR count). The number of halogens is 1. The summed E-state index contributed by atoms with van der Waals surface area (Å²) in [5.41, 5.74) is 3.94. The highest BCUT2D eigenvalue weighted by molar-refractivity contribution is 6.31. The van der Waals surface area contributed by atoms with Gasteiger partial charge in [-0.05, 0) is 47.0 Å². The van der Waals surface area contributed by atoms with Gasteiger partial charge in [-0.15, -0.1) is 0 Å². The van der Waals surface area contributed by atoms with E-state index in [2.05, 4.69) is 29.6 Å². The lowest BCUT2D eigenvalue weighted by atomic mass is 10.0. The third-order valence-electron chi connectivity index (χ3n) is 4.19. The molecule has 0 saturated carbocycles. The molecule has 0 aliphatic rings. The standard InChI is InChI=1S/C22H16ClNO2/c23-19-9-10-20-18(12-19)13-21(26-20)22(25)24-14-15-5-4-8-17(11-15)16-6-2-1-3-7-16/h1-13H,14H2,(H,24,25). The molecule has 128 valence electrons. The zero-order chi connectivity index (χ0) is 17.9. The maximum Gasteiger partial charge on any atom is 0.287 e. The molecule has 0 bridgehead atoms. The summed E-state index contributed by atoms with van der Waals surface area (Å²) in [7, 11) is 0. The van der Waals surface area contributed by atoms with E-state index in [4.69, 9.17) is 16.0 Å². The molecule has 0 aliphatic heterocycles. The quantitative estimate of drug-likeness (QED) is 0.508. The first-order valence-electron chi connectivity index (χ1n) is 8.31. The van der Waals surface area contributed by atoms with Crippen LogP contribution in [0.2, 0.25) is 5.02 Å². The van der Waals surface area contributed by atoms with Gasteiger partial charge in [0.1, 0.15) is 5.58 Å². The van der Waals surface area contributed by atoms with E-state index in [-0.39, 0.29) is 11.7 Å². The fourth-order valence-corrected chi connectivity index (χ4v) is 3.07. The van der Waals surface area contributed by atoms with Gasteiger partial charge in [0.25, 0.3) is 5.91 Å². The lowest BCUT2D eigenvalue weighted by Gasteiger charge is -2.07. The summed E-state index contributed by atoms with van der Waals surface area (Å²) < 4.78 is 5.60. The normalized spacial score (nSPS) is 10.8. The highest BCUT2D eigenvalue weighted by atomic mass is 35.5. The van der Waals surface area contributed by atoms with E-state index in [1.807, 2.05) is 30.3 Å². The minimum absolute atomic E-state index is 0.248. The van der Waals surface area contributed by atoms with Crippen molar-refractivity contribution in [3.05, 3.63) is 95.2 Å². The summed E-state index contributed by atoms with van der Waals surface area (Å²) in [5, 5.41) is 4.33. The first-order chi connectivity index (χ1) is 12.7. The Morgan fingerprint density at radius 3 is 2.54 bits per heavy atom. The van der Waals surface area contributed by atoms with Gasteiger partial charge in [0, 0.05) is 17.0 Å². The monoisotopic (exact) mass is 361 g/mol. The Hall–Kier alpha value is -3.04. The molecular formula is C22H16ClNO2. The number of hydrogen-bond donors (Lipinski definition) is 1. The molecule has 0 atom stereocenters. The summed E-state index contributed by atoms with van der Waals surface area (Å²) in [6.45, 7) is 0.428. The highest BCUT2D eigenvalue weighted by Gasteiger charge is 2.12. The molecule has 1 N–H and O–H groups in total. The first kappa shape index (κ1) is 16.4. The van der Waals surface area contributed by atoms with Crippen molar-refractivity contribution in [2.45, 2.75) is 6.54 Å². The molecule has 3 nitrogen and oxygen atoms in total. The number of nitrogens with one attached hydrogen (secondary N) is 1. The number of hydrogen-bond acceptors (Lipinski definition) is 2. The Labute approximate surface area is 156 Å². The number of fused-ring (bicyclic) bond motifs is 1. The number of benzene rings is 3. The van der Waals surface area contributed by atoms with Crippen LogP contribution in [0, 0.1) is 0 Å². The number of carbonyl (C=O) groups is 1. The second kappa shape index (κ2) is 7.06. The molecule has 0 aliphatic carbocycles. The summed E-state index contributed by atoms with van der Waals surface area (Å²) in [6.07, 6.45) is 0. The molecule has 26 heavy (non-hydrogen) atoms. The smallest absolute Gasteiger partial charge is 0.287 e. The van der Waals surface area contributed by atoms with Crippen molar-refractivity contribution >= 4 is 28.5 Å². The molecule has 0 unspecified atom stereocenters. The molecule has 1 amide bonds. The van der Waals surface area contributed by atoms with E-state index in [9.17, 15) is 4.79 Å². The summed E-state index contributed by atoms with van der Waals surface area (Å²) in [6, 6.07) is 25.3. The molecule has 1 aromatic heterocycles. The van der Waals surface area contributed by atoms with E-state index in [1.165, 1.54) is 0 Å². The number of rotatable bonds is 4. The van der Waals surface area contributed by atoms with Gasteiger partial charge in [-0.1, -0.05) is 60.1 Å². The van der Waals surface area contributed by atoms with Crippen LogP contribution in [0.1, 0.15) is 16.1 Å². The SMILES string of the molecule is O=C(NCc1cccc(-c2ccccc2)c1)c1cc2cc(Cl)ccc2o1. The predicted octanol–water partition coefficient (Wildman–Crippen LogP) is 5.68. The van der Waals surface area contributed by atoms with E-state index < -0.39 is 0 Å². The summed E-state index contributed by atoms with van der Waals surface area (Å²) in [5.74, 6) is 0.0314. The third-order valence-corrected chi connectivity index (χ3v) is 4.42. The Balaban J connectivity index is 1.49. The molecular weight excluding hydrogens is 346 g/mol. The predicted molar refractivity (Wildman–Crippen MR) is 104 cm³/mol. The fraction of sp³-hybridized carbons (Fsp3) is 0.0455. The minimum atomic E-state index is -0.248. The second-order valence-corrected chi connectivity index (χ2v) is 6.48. The molecule has 3 aromatic carbocycles. The Morgan fingerprint density at radius 1 is 0.885 bits per heavy atom. The lowest BCUT2D eigenvalue weighted by molar-refractivity contribution is 0.0925. The molecule has 4 heteroatoms. The summed E-state index contributed by atoms with van der Waals surface area (Å²) >= 11 is 5.97. The first-order valence-corrected chi connectivity index (χ1v) is 8.68. The molecule has 0 radical (unpaired) electrons. The zero-order valence-electron chi connectivity index (χ0n) is 13.9. The van der Waals surface area contributed by atoms with Gasteiger partial charge in [0.15, 0.2) is 5.76 Å². The molecule has 0 spiro atoms. The fourth-order valence-electron chi connectivity index (χ4n) is 2.89. The van der Waals surface area contributed by atoms with Gasteiger partial charge < -0.3 is 9.73 Å². The van der Waals surface area contributed by atoms with Crippen molar-refractivity contribution in [2.24, 2.45) is 0 Å². The third kappa shape index (κ3) is 3.48. The zero-order valence-corrected chi connectivity index (χ0v) is 14.7. The van der Waals surface area contributed by atoms with Crippen molar-refractivity contribution < 1.29 is 9.21 Å². The highest BCUT2D eigenvalue weighted by Crippen LogP contribution is 2.23. The Morgan fingerprint density at radius 2 is 1.69 bits per heavy atom. The maximum absolute atomic E-state index is 12.4. The average Bonchev–Trinajstić information content (AvgIpc) is 3.10. The molecule has 0 fully saturated rings. The van der Waals surface area contributed by atoms with Crippen LogP contribution >= 0.6 is 11.6 Å². The van der Waals surface area contributed by atoms with E-state index in [0.717, 1.165) is 22.1 Å². The van der Waals surface area contributed by atoms with Gasteiger partial charge in [0.05, 0.1) is 0 Å². The van der Waals surface area contributed by atoms with E-state index >= 15 is 0 Å². The second-order valence-electron chi connectivity index (χ2n) is 6.04. The minimum Gasteiger partial charge on any atom is -0.451 e. The lowest BCUT2D eigenvalue weighted by Crippen LogP contribution is -2.22. The number of amides is 1. The van der Waals surface area contributed by atoms with E-state index in [1.54, 1.807) is 24.3 Å². The van der Waals surface area contributed by atoms with Gasteiger partial charge in [-0.2, -0.15) is 0 Å². The average molecular weight is 362 g/mol. The van der Waals surface area contributed by atoms with Crippen molar-refractivity contribution in [1.29, 1.82) is 0 Å². The van der Waals surface area contributed by atoms with Gasteiger partial charge in [-0.3, -0.25) is 4.79 Å². The maximum atomic E-state index is 12.4. The van der Waals surface area contributed by atoms with Crippen LogP contribution < -0.4 is 5.32 Å². The van der Waals surface area contributed by atoms with Crippen molar-refractivity contribution in [3.63, 3.8) is 0 Å². The van der Waals surface area contributed by atoms with Gasteiger partial charge in [-0.25, -0.2) is 0 Å². The number of carbonyl (C=O) groups excluding carboxylic acids is 1. The van der Waals surface area contributed by atoms with E-state index in [0.29, 0.717) is 17.2 Å².